The van der Waals surface area contributed by atoms with Gasteiger partial charge in [-0.2, -0.15) is 0 Å². The summed E-state index contributed by atoms with van der Waals surface area (Å²) in [6.45, 7) is 3.76. The van der Waals surface area contributed by atoms with Crippen molar-refractivity contribution in [1.82, 2.24) is 9.97 Å². The zero-order chi connectivity index (χ0) is 22.4. The van der Waals surface area contributed by atoms with E-state index in [0.29, 0.717) is 27.7 Å². The fourth-order valence-corrected chi connectivity index (χ4v) is 3.87. The fourth-order valence-electron chi connectivity index (χ4n) is 2.65. The van der Waals surface area contributed by atoms with Crippen LogP contribution in [0.2, 0.25) is 5.02 Å². The zero-order valence-corrected chi connectivity index (χ0v) is 18.9. The van der Waals surface area contributed by atoms with Gasteiger partial charge in [0.15, 0.2) is 0 Å². The van der Waals surface area contributed by atoms with Crippen LogP contribution in [0.25, 0.3) is 16.3 Å². The first-order chi connectivity index (χ1) is 14.9. The maximum Gasteiger partial charge on any atom is 0.220 e. The first-order valence-electron chi connectivity index (χ1n) is 9.25. The van der Waals surface area contributed by atoms with Crippen LogP contribution in [0.4, 0.5) is 0 Å². The van der Waals surface area contributed by atoms with E-state index in [2.05, 4.69) is 15.1 Å². The van der Waals surface area contributed by atoms with E-state index in [1.807, 2.05) is 26.0 Å². The molecule has 2 aromatic heterocycles. The van der Waals surface area contributed by atoms with Crippen LogP contribution in [0, 0.1) is 6.92 Å². The Labute approximate surface area is 189 Å². The van der Waals surface area contributed by atoms with Crippen molar-refractivity contribution >= 4 is 34.3 Å². The topological polar surface area (TPSA) is 109 Å². The summed E-state index contributed by atoms with van der Waals surface area (Å²) in [5.41, 5.74) is 15.5. The lowest BCUT2D eigenvalue weighted by molar-refractivity contribution is 0.224. The molecule has 0 saturated heterocycles. The highest BCUT2D eigenvalue weighted by molar-refractivity contribution is 7.17. The Morgan fingerprint density at radius 1 is 1.23 bits per heavy atom. The summed E-state index contributed by atoms with van der Waals surface area (Å²) >= 11 is 7.72. The number of pyridine rings is 1. The molecular formula is C22H22ClN5O2S. The lowest BCUT2D eigenvalue weighted by Crippen LogP contribution is -2.03. The number of ether oxygens (including phenoxy) is 1. The van der Waals surface area contributed by atoms with E-state index in [-0.39, 0.29) is 5.88 Å². The number of thiazole rings is 1. The van der Waals surface area contributed by atoms with Gasteiger partial charge in [0.25, 0.3) is 0 Å². The number of aryl methyl sites for hydroxylation is 1. The molecule has 0 fully saturated rings. The minimum Gasteiger partial charge on any atom is -0.497 e. The van der Waals surface area contributed by atoms with Crippen molar-refractivity contribution in [2.24, 2.45) is 16.6 Å². The van der Waals surface area contributed by atoms with Gasteiger partial charge in [-0.05, 0) is 50.3 Å². The highest BCUT2D eigenvalue weighted by Gasteiger charge is 2.12. The fraction of sp³-hybridized carbons (Fsp3) is 0.136. The van der Waals surface area contributed by atoms with Gasteiger partial charge >= 0.3 is 0 Å². The molecule has 3 aromatic rings. The zero-order valence-electron chi connectivity index (χ0n) is 17.3. The number of aromatic nitrogens is 2. The van der Waals surface area contributed by atoms with Crippen LogP contribution in [0.1, 0.15) is 23.1 Å². The van der Waals surface area contributed by atoms with Crippen LogP contribution >= 0.6 is 22.9 Å². The summed E-state index contributed by atoms with van der Waals surface area (Å²) in [6.07, 6.45) is 6.61. The monoisotopic (exact) mass is 455 g/mol. The molecule has 0 aliphatic heterocycles. The average molecular weight is 456 g/mol. The Morgan fingerprint density at radius 2 is 2.03 bits per heavy atom. The molecule has 3 rings (SSSR count). The van der Waals surface area contributed by atoms with Gasteiger partial charge in [0.2, 0.25) is 5.88 Å². The Kier molecular flexibility index (Phi) is 7.28. The van der Waals surface area contributed by atoms with Gasteiger partial charge in [-0.15, -0.1) is 11.3 Å². The number of nitrogens with two attached hydrogens (primary N) is 2. The number of oxime groups is 1. The molecule has 0 saturated carbocycles. The van der Waals surface area contributed by atoms with Gasteiger partial charge in [0, 0.05) is 35.3 Å². The summed E-state index contributed by atoms with van der Waals surface area (Å²) in [5.74, 6) is 0.728. The van der Waals surface area contributed by atoms with Crippen LogP contribution in [0.3, 0.4) is 0 Å². The molecule has 0 atom stereocenters. The van der Waals surface area contributed by atoms with Crippen molar-refractivity contribution in [2.45, 2.75) is 13.8 Å². The van der Waals surface area contributed by atoms with Crippen molar-refractivity contribution in [3.8, 4) is 16.3 Å². The molecule has 160 valence electrons. The first kappa shape index (κ1) is 22.3. The Balaban J connectivity index is 1.73. The summed E-state index contributed by atoms with van der Waals surface area (Å²) in [7, 11) is 1.57. The maximum atomic E-state index is 6.20. The summed E-state index contributed by atoms with van der Waals surface area (Å²) < 4.78 is 5.20. The van der Waals surface area contributed by atoms with Gasteiger partial charge in [0.05, 0.1) is 28.4 Å². The predicted molar refractivity (Wildman–Crippen MR) is 126 cm³/mol. The van der Waals surface area contributed by atoms with Crippen molar-refractivity contribution in [2.75, 3.05) is 7.11 Å². The number of halogens is 1. The van der Waals surface area contributed by atoms with E-state index in [9.17, 15) is 0 Å². The number of allylic oxidation sites excluding steroid dienone is 2. The van der Waals surface area contributed by atoms with Crippen LogP contribution in [-0.4, -0.2) is 22.8 Å². The number of hydrogen-bond acceptors (Lipinski definition) is 8. The lowest BCUT2D eigenvalue weighted by Gasteiger charge is -2.07. The van der Waals surface area contributed by atoms with E-state index >= 15 is 0 Å². The minimum atomic E-state index is 0.0796. The Morgan fingerprint density at radius 3 is 2.74 bits per heavy atom. The largest absolute Gasteiger partial charge is 0.497 e. The first-order valence-corrected chi connectivity index (χ1v) is 10.4. The second kappa shape index (κ2) is 10.1. The van der Waals surface area contributed by atoms with Gasteiger partial charge < -0.3 is 21.0 Å². The summed E-state index contributed by atoms with van der Waals surface area (Å²) in [6, 6.07) is 9.05. The molecule has 0 aliphatic carbocycles. The van der Waals surface area contributed by atoms with E-state index in [1.165, 1.54) is 17.4 Å². The molecule has 1 aromatic carbocycles. The molecular weight excluding hydrogens is 434 g/mol. The molecule has 4 N–H and O–H groups in total. The standard InChI is InChI=1S/C22H22ClN5O2S/c1-13-21(31-22(27-13)15-5-4-10-26-12-15)14(2)28-30-20(25)9-8-19(24)17-11-16(29-3)6-7-18(17)23/h4-12H,24-25H2,1-3H3/b19-8-,20-9+,28-14+. The molecule has 0 spiro atoms. The number of rotatable bonds is 7. The van der Waals surface area contributed by atoms with E-state index in [0.717, 1.165) is 21.1 Å². The predicted octanol–water partition coefficient (Wildman–Crippen LogP) is 4.72. The molecule has 0 radical (unpaired) electrons. The van der Waals surface area contributed by atoms with Gasteiger partial charge in [0.1, 0.15) is 10.8 Å². The third kappa shape index (κ3) is 5.62. The third-order valence-electron chi connectivity index (χ3n) is 4.23. The van der Waals surface area contributed by atoms with E-state index in [4.69, 9.17) is 32.6 Å². The van der Waals surface area contributed by atoms with Crippen LogP contribution in [0.15, 0.2) is 65.9 Å². The molecule has 2 heterocycles. The molecule has 7 nitrogen and oxygen atoms in total. The quantitative estimate of drug-likeness (QED) is 0.231. The number of nitrogens with zero attached hydrogens (tertiary/aromatic N) is 3. The molecule has 0 bridgehead atoms. The normalized spacial score (nSPS) is 12.7. The molecule has 0 unspecified atom stereocenters. The smallest absolute Gasteiger partial charge is 0.220 e. The maximum absolute atomic E-state index is 6.20. The number of hydrogen-bond donors (Lipinski definition) is 2. The third-order valence-corrected chi connectivity index (χ3v) is 5.88. The second-order valence-corrected chi connectivity index (χ2v) is 7.89. The van der Waals surface area contributed by atoms with Gasteiger partial charge in [-0.3, -0.25) is 4.98 Å². The number of benzene rings is 1. The van der Waals surface area contributed by atoms with E-state index < -0.39 is 0 Å². The molecule has 0 amide bonds. The van der Waals surface area contributed by atoms with Crippen molar-refractivity contribution in [3.05, 3.63) is 81.9 Å². The highest BCUT2D eigenvalue weighted by atomic mass is 35.5. The van der Waals surface area contributed by atoms with Crippen LogP contribution in [-0.2, 0) is 4.84 Å². The number of methoxy groups -OCH3 is 1. The van der Waals surface area contributed by atoms with Crippen molar-refractivity contribution in [1.29, 1.82) is 0 Å². The second-order valence-electron chi connectivity index (χ2n) is 6.48. The van der Waals surface area contributed by atoms with Crippen LogP contribution < -0.4 is 16.2 Å². The average Bonchev–Trinajstić information content (AvgIpc) is 3.18. The van der Waals surface area contributed by atoms with Crippen molar-refractivity contribution < 1.29 is 9.57 Å². The van der Waals surface area contributed by atoms with Crippen LogP contribution in [0.5, 0.6) is 5.75 Å². The SMILES string of the molecule is COc1ccc(Cl)c(/C(N)=C/C=C(\N)O/N=C(\C)c2sc(-c3cccnc3)nc2C)c1. The van der Waals surface area contributed by atoms with Gasteiger partial charge in [-0.1, -0.05) is 16.8 Å². The van der Waals surface area contributed by atoms with Gasteiger partial charge in [-0.25, -0.2) is 4.98 Å². The van der Waals surface area contributed by atoms with E-state index in [1.54, 1.807) is 43.8 Å². The summed E-state index contributed by atoms with van der Waals surface area (Å²) in [5, 5.41) is 5.49. The lowest BCUT2D eigenvalue weighted by atomic mass is 10.1. The van der Waals surface area contributed by atoms with Crippen molar-refractivity contribution in [3.63, 3.8) is 0 Å². The molecule has 0 aliphatic rings. The minimum absolute atomic E-state index is 0.0796. The molecule has 9 heteroatoms. The Hall–Kier alpha value is -3.36. The Bertz CT molecular complexity index is 1160. The highest BCUT2D eigenvalue weighted by Crippen LogP contribution is 2.28. The summed E-state index contributed by atoms with van der Waals surface area (Å²) in [4.78, 5) is 15.0. The molecule has 31 heavy (non-hydrogen) atoms.